The fourth-order valence-corrected chi connectivity index (χ4v) is 4.26. The van der Waals surface area contributed by atoms with Crippen molar-refractivity contribution >= 4 is 29.3 Å². The fourth-order valence-electron chi connectivity index (χ4n) is 2.90. The minimum absolute atomic E-state index is 0.0562. The Labute approximate surface area is 154 Å². The van der Waals surface area contributed by atoms with Gasteiger partial charge < -0.3 is 10.2 Å². The normalized spacial score (nSPS) is 19.4. The molecule has 2 atom stereocenters. The zero-order valence-corrected chi connectivity index (χ0v) is 14.9. The van der Waals surface area contributed by atoms with Gasteiger partial charge in [-0.1, -0.05) is 31.2 Å². The molecule has 3 rings (SSSR count). The first-order valence-corrected chi connectivity index (χ1v) is 9.32. The number of carbonyl (C=O) groups excluding carboxylic acids is 2. The van der Waals surface area contributed by atoms with Crippen LogP contribution in [0.2, 0.25) is 0 Å². The lowest BCUT2D eigenvalue weighted by Gasteiger charge is -2.28. The number of para-hydroxylation sites is 1. The van der Waals surface area contributed by atoms with Crippen LogP contribution < -0.4 is 5.32 Å². The Morgan fingerprint density at radius 3 is 2.42 bits per heavy atom. The number of thioether (sulfide) groups is 1. The number of amides is 2. The molecule has 0 radical (unpaired) electrons. The summed E-state index contributed by atoms with van der Waals surface area (Å²) in [6.45, 7) is 1.90. The number of carbonyl (C=O) groups is 2. The molecule has 2 aromatic carbocycles. The van der Waals surface area contributed by atoms with Gasteiger partial charge in [0.25, 0.3) is 5.91 Å². The van der Waals surface area contributed by atoms with E-state index >= 15 is 0 Å². The minimum atomic E-state index is -0.795. The third-order valence-corrected chi connectivity index (χ3v) is 5.67. The second-order valence-corrected chi connectivity index (χ2v) is 7.08. The van der Waals surface area contributed by atoms with Crippen molar-refractivity contribution in [1.29, 1.82) is 0 Å². The van der Waals surface area contributed by atoms with Crippen molar-refractivity contribution in [3.05, 3.63) is 65.7 Å². The average molecular weight is 376 g/mol. The Kier molecular flexibility index (Phi) is 5.56. The molecule has 1 N–H and O–H groups in total. The Morgan fingerprint density at radius 1 is 1.12 bits per heavy atom. The van der Waals surface area contributed by atoms with Gasteiger partial charge in [-0.25, -0.2) is 8.78 Å². The smallest absolute Gasteiger partial charge is 0.258 e. The predicted octanol–water partition coefficient (Wildman–Crippen LogP) is 3.90. The van der Waals surface area contributed by atoms with E-state index in [2.05, 4.69) is 5.32 Å². The highest BCUT2D eigenvalue weighted by Gasteiger charge is 2.41. The molecule has 0 aliphatic carbocycles. The lowest BCUT2D eigenvalue weighted by molar-refractivity contribution is -0.119. The lowest BCUT2D eigenvalue weighted by Crippen LogP contribution is -2.47. The molecule has 2 aromatic rings. The van der Waals surface area contributed by atoms with Crippen molar-refractivity contribution < 1.29 is 18.4 Å². The van der Waals surface area contributed by atoms with Crippen LogP contribution in [-0.2, 0) is 4.79 Å². The molecule has 1 fully saturated rings. The molecule has 26 heavy (non-hydrogen) atoms. The highest BCUT2D eigenvalue weighted by atomic mass is 32.2. The molecule has 1 saturated heterocycles. The summed E-state index contributed by atoms with van der Waals surface area (Å²) in [6.07, 6.45) is 0.619. The van der Waals surface area contributed by atoms with Crippen LogP contribution in [0, 0.1) is 11.6 Å². The summed E-state index contributed by atoms with van der Waals surface area (Å²) in [5.74, 6) is -1.82. The number of nitrogens with one attached hydrogen (secondary N) is 1. The van der Waals surface area contributed by atoms with Crippen molar-refractivity contribution in [2.24, 2.45) is 0 Å². The van der Waals surface area contributed by atoms with Gasteiger partial charge in [0, 0.05) is 5.75 Å². The minimum Gasteiger partial charge on any atom is -0.322 e. The Hall–Kier alpha value is -2.41. The molecular formula is C19H18F2N2O2S. The van der Waals surface area contributed by atoms with Crippen LogP contribution >= 0.6 is 11.8 Å². The molecule has 0 saturated carbocycles. The third kappa shape index (κ3) is 3.58. The quantitative estimate of drug-likeness (QED) is 0.881. The van der Waals surface area contributed by atoms with Crippen LogP contribution in [0.5, 0.6) is 0 Å². The second-order valence-electron chi connectivity index (χ2n) is 5.87. The Balaban J connectivity index is 1.86. The van der Waals surface area contributed by atoms with Gasteiger partial charge in [0.05, 0.1) is 16.6 Å². The maximum Gasteiger partial charge on any atom is 0.258 e. The summed E-state index contributed by atoms with van der Waals surface area (Å²) in [5.41, 5.74) is -0.0159. The number of anilines is 1. The van der Waals surface area contributed by atoms with Crippen molar-refractivity contribution in [3.63, 3.8) is 0 Å². The number of benzene rings is 2. The SMILES string of the molecule is CCC1SCC(C(=O)Nc2ccccc2F)N1C(=O)c1ccccc1F. The van der Waals surface area contributed by atoms with Crippen molar-refractivity contribution in [2.45, 2.75) is 24.8 Å². The highest BCUT2D eigenvalue weighted by Crippen LogP contribution is 2.33. The summed E-state index contributed by atoms with van der Waals surface area (Å²) in [6, 6.07) is 10.7. The first kappa shape index (κ1) is 18.4. The largest absolute Gasteiger partial charge is 0.322 e. The predicted molar refractivity (Wildman–Crippen MR) is 97.9 cm³/mol. The third-order valence-electron chi connectivity index (χ3n) is 4.21. The molecule has 0 aromatic heterocycles. The van der Waals surface area contributed by atoms with Crippen LogP contribution in [0.25, 0.3) is 0 Å². The summed E-state index contributed by atoms with van der Waals surface area (Å²) in [7, 11) is 0. The number of hydrogen-bond donors (Lipinski definition) is 1. The maximum atomic E-state index is 14.0. The summed E-state index contributed by atoms with van der Waals surface area (Å²) in [4.78, 5) is 27.0. The number of rotatable bonds is 4. The van der Waals surface area contributed by atoms with Crippen molar-refractivity contribution in [1.82, 2.24) is 4.90 Å². The van der Waals surface area contributed by atoms with Crippen LogP contribution in [0.15, 0.2) is 48.5 Å². The van der Waals surface area contributed by atoms with Crippen LogP contribution in [0.1, 0.15) is 23.7 Å². The molecule has 0 spiro atoms. The van der Waals surface area contributed by atoms with Crippen LogP contribution in [-0.4, -0.2) is 33.9 Å². The zero-order chi connectivity index (χ0) is 18.7. The maximum absolute atomic E-state index is 14.0. The summed E-state index contributed by atoms with van der Waals surface area (Å²) >= 11 is 1.46. The van der Waals surface area contributed by atoms with E-state index in [-0.39, 0.29) is 16.6 Å². The lowest BCUT2D eigenvalue weighted by atomic mass is 10.1. The van der Waals surface area contributed by atoms with Crippen molar-refractivity contribution in [2.75, 3.05) is 11.1 Å². The number of nitrogens with zero attached hydrogens (tertiary/aromatic N) is 1. The molecule has 136 valence electrons. The topological polar surface area (TPSA) is 49.4 Å². The molecule has 7 heteroatoms. The first-order valence-electron chi connectivity index (χ1n) is 8.27. The molecule has 2 unspecified atom stereocenters. The summed E-state index contributed by atoms with van der Waals surface area (Å²) < 4.78 is 27.9. The van der Waals surface area contributed by atoms with Gasteiger partial charge in [0.1, 0.15) is 17.7 Å². The Morgan fingerprint density at radius 2 is 1.77 bits per heavy atom. The van der Waals surface area contributed by atoms with Gasteiger partial charge >= 0.3 is 0 Å². The average Bonchev–Trinajstić information content (AvgIpc) is 3.07. The van der Waals surface area contributed by atoms with Gasteiger partial charge in [-0.15, -0.1) is 11.8 Å². The van der Waals surface area contributed by atoms with E-state index in [9.17, 15) is 18.4 Å². The highest BCUT2D eigenvalue weighted by molar-refractivity contribution is 8.00. The van der Waals surface area contributed by atoms with E-state index in [1.165, 1.54) is 53.1 Å². The van der Waals surface area contributed by atoms with E-state index in [0.29, 0.717) is 12.2 Å². The van der Waals surface area contributed by atoms with E-state index in [4.69, 9.17) is 0 Å². The van der Waals surface area contributed by atoms with Crippen LogP contribution in [0.4, 0.5) is 14.5 Å². The molecule has 1 aliphatic heterocycles. The molecule has 1 heterocycles. The van der Waals surface area contributed by atoms with E-state index in [1.54, 1.807) is 12.1 Å². The fraction of sp³-hybridized carbons (Fsp3) is 0.263. The van der Waals surface area contributed by atoms with Crippen LogP contribution in [0.3, 0.4) is 0 Å². The van der Waals surface area contributed by atoms with E-state index in [1.807, 2.05) is 6.92 Å². The summed E-state index contributed by atoms with van der Waals surface area (Å²) in [5, 5.41) is 2.30. The van der Waals surface area contributed by atoms with Gasteiger partial charge in [-0.2, -0.15) is 0 Å². The zero-order valence-electron chi connectivity index (χ0n) is 14.1. The molecule has 0 bridgehead atoms. The molecular weight excluding hydrogens is 358 g/mol. The molecule has 1 aliphatic rings. The molecule has 2 amide bonds. The first-order chi connectivity index (χ1) is 12.5. The second kappa shape index (κ2) is 7.86. The number of halogens is 2. The van der Waals surface area contributed by atoms with Gasteiger partial charge in [0.2, 0.25) is 5.91 Å². The van der Waals surface area contributed by atoms with E-state index < -0.39 is 29.5 Å². The van der Waals surface area contributed by atoms with Gasteiger partial charge in [-0.05, 0) is 30.7 Å². The van der Waals surface area contributed by atoms with E-state index in [0.717, 1.165) is 0 Å². The van der Waals surface area contributed by atoms with Gasteiger partial charge in [-0.3, -0.25) is 9.59 Å². The standard InChI is InChI=1S/C19H18F2N2O2S/c1-2-17-23(19(25)12-7-3-4-8-13(12)20)16(11-26-17)18(24)22-15-10-6-5-9-14(15)21/h3-10,16-17H,2,11H2,1H3,(H,22,24). The van der Waals surface area contributed by atoms with Crippen molar-refractivity contribution in [3.8, 4) is 0 Å². The Bertz CT molecular complexity index is 831. The monoisotopic (exact) mass is 376 g/mol. The van der Waals surface area contributed by atoms with Gasteiger partial charge in [0.15, 0.2) is 0 Å². The number of hydrogen-bond acceptors (Lipinski definition) is 3. The molecule has 4 nitrogen and oxygen atoms in total.